The Balaban J connectivity index is 4.63. The average Bonchev–Trinajstić information content (AvgIpc) is 2.11. The number of aldehydes is 1. The van der Waals surface area contributed by atoms with Gasteiger partial charge in [0.1, 0.15) is 6.29 Å². The lowest BCUT2D eigenvalue weighted by Crippen LogP contribution is -2.17. The summed E-state index contributed by atoms with van der Waals surface area (Å²) in [5, 5.41) is 10.8. The number of methoxy groups -OCH3 is 2. The summed E-state index contributed by atoms with van der Waals surface area (Å²) < 4.78 is 8.50. The van der Waals surface area contributed by atoms with E-state index in [0.717, 1.165) is 14.2 Å². The van der Waals surface area contributed by atoms with Gasteiger partial charge in [-0.1, -0.05) is 0 Å². The van der Waals surface area contributed by atoms with Gasteiger partial charge >= 0.3 is 5.97 Å². The maximum absolute atomic E-state index is 10.8. The molecular weight excluding hydrogens is 164 g/mol. The van der Waals surface area contributed by atoms with Crippen molar-refractivity contribution in [3.8, 4) is 0 Å². The Morgan fingerprint density at radius 2 is 2.00 bits per heavy atom. The Labute approximate surface area is 69.6 Å². The second-order valence-corrected chi connectivity index (χ2v) is 1.83. The van der Waals surface area contributed by atoms with Crippen molar-refractivity contribution in [3.63, 3.8) is 0 Å². The molecule has 0 aliphatic carbocycles. The Bertz CT molecular complexity index is 206. The topological polar surface area (TPSA) is 75.7 Å². The highest BCUT2D eigenvalue weighted by Gasteiger charge is 2.10. The normalized spacial score (nSPS) is 11.5. The van der Waals surface area contributed by atoms with Gasteiger partial charge < -0.3 is 19.4 Å². The minimum absolute atomic E-state index is 0.292. The maximum atomic E-state index is 10.8. The number of esters is 1. The van der Waals surface area contributed by atoms with Crippen molar-refractivity contribution in [2.24, 2.45) is 0 Å². The van der Waals surface area contributed by atoms with Crippen LogP contribution in [0.1, 0.15) is 6.42 Å². The fraction of sp³-hybridized carbons (Fsp3) is 0.429. The molecule has 5 nitrogen and oxygen atoms in total. The molecule has 0 unspecified atom stereocenters. The zero-order valence-corrected chi connectivity index (χ0v) is 6.83. The van der Waals surface area contributed by atoms with Crippen LogP contribution in [-0.4, -0.2) is 26.5 Å². The standard InChI is InChI=1S/C7H10O5/c1-11-6(9)5(3-4-8)7(10)12-2/h4,9H,3H2,1-2H3/p-1/b6-5-. The van der Waals surface area contributed by atoms with Crippen molar-refractivity contribution >= 4 is 12.3 Å². The molecule has 68 valence electrons. The highest BCUT2D eigenvalue weighted by Crippen LogP contribution is 2.05. The number of carbonyl (C=O) groups excluding carboxylic acids is 2. The van der Waals surface area contributed by atoms with E-state index in [9.17, 15) is 14.7 Å². The van der Waals surface area contributed by atoms with E-state index in [2.05, 4.69) is 9.47 Å². The minimum atomic E-state index is -0.839. The van der Waals surface area contributed by atoms with Crippen LogP contribution in [0.15, 0.2) is 11.5 Å². The van der Waals surface area contributed by atoms with Crippen molar-refractivity contribution in [1.29, 1.82) is 0 Å². The molecule has 5 heteroatoms. The molecule has 0 aromatic rings. The summed E-state index contributed by atoms with van der Waals surface area (Å²) in [5.74, 6) is -1.68. The van der Waals surface area contributed by atoms with E-state index in [0.29, 0.717) is 6.29 Å². The molecule has 0 radical (unpaired) electrons. The predicted octanol–water partition coefficient (Wildman–Crippen LogP) is -1.03. The molecule has 0 saturated heterocycles. The molecule has 0 aliphatic rings. The van der Waals surface area contributed by atoms with Crippen LogP contribution in [0.4, 0.5) is 0 Å². The quantitative estimate of drug-likeness (QED) is 0.235. The highest BCUT2D eigenvalue weighted by molar-refractivity contribution is 5.91. The fourth-order valence-electron chi connectivity index (χ4n) is 0.580. The molecule has 0 rings (SSSR count). The Morgan fingerprint density at radius 1 is 1.42 bits per heavy atom. The van der Waals surface area contributed by atoms with Crippen LogP contribution in [-0.2, 0) is 19.1 Å². The Morgan fingerprint density at radius 3 is 2.33 bits per heavy atom. The Hall–Kier alpha value is -1.52. The summed E-state index contributed by atoms with van der Waals surface area (Å²) in [6.45, 7) is 0. The molecule has 0 aliphatic heterocycles. The molecule has 0 aromatic carbocycles. The number of carbonyl (C=O) groups is 2. The van der Waals surface area contributed by atoms with Gasteiger partial charge in [0.15, 0.2) is 0 Å². The summed E-state index contributed by atoms with van der Waals surface area (Å²) in [6, 6.07) is 0. The third-order valence-electron chi connectivity index (χ3n) is 1.15. The molecule has 0 spiro atoms. The number of rotatable bonds is 4. The number of ether oxygens (including phenoxy) is 2. The summed E-state index contributed by atoms with van der Waals surface area (Å²) >= 11 is 0. The van der Waals surface area contributed by atoms with Crippen molar-refractivity contribution in [2.75, 3.05) is 14.2 Å². The first kappa shape index (κ1) is 10.5. The first-order chi connectivity index (χ1) is 5.67. The molecule has 0 heterocycles. The van der Waals surface area contributed by atoms with Crippen LogP contribution >= 0.6 is 0 Å². The van der Waals surface area contributed by atoms with Gasteiger partial charge in [-0.3, -0.25) is 0 Å². The van der Waals surface area contributed by atoms with Gasteiger partial charge in [0.25, 0.3) is 0 Å². The van der Waals surface area contributed by atoms with Gasteiger partial charge in [-0.05, 0) is 7.11 Å². The zero-order chi connectivity index (χ0) is 9.56. The smallest absolute Gasteiger partial charge is 0.335 e. The predicted molar refractivity (Wildman–Crippen MR) is 36.7 cm³/mol. The van der Waals surface area contributed by atoms with Gasteiger partial charge in [0.05, 0.1) is 18.6 Å². The van der Waals surface area contributed by atoms with E-state index < -0.39 is 11.9 Å². The second kappa shape index (κ2) is 5.17. The average molecular weight is 173 g/mol. The lowest BCUT2D eigenvalue weighted by molar-refractivity contribution is -0.355. The molecule has 0 N–H and O–H groups in total. The minimum Gasteiger partial charge on any atom is -0.616 e. The lowest BCUT2D eigenvalue weighted by Gasteiger charge is -2.12. The molecule has 0 aromatic heterocycles. The van der Waals surface area contributed by atoms with Gasteiger partial charge in [-0.2, -0.15) is 0 Å². The van der Waals surface area contributed by atoms with Crippen molar-refractivity contribution in [1.82, 2.24) is 0 Å². The molecule has 0 atom stereocenters. The van der Waals surface area contributed by atoms with Crippen LogP contribution in [0.2, 0.25) is 0 Å². The summed E-state index contributed by atoms with van der Waals surface area (Å²) in [4.78, 5) is 20.8. The van der Waals surface area contributed by atoms with E-state index in [-0.39, 0.29) is 12.0 Å². The van der Waals surface area contributed by atoms with Gasteiger partial charge in [0.2, 0.25) is 0 Å². The summed E-state index contributed by atoms with van der Waals surface area (Å²) in [5.41, 5.74) is -0.296. The lowest BCUT2D eigenvalue weighted by atomic mass is 10.2. The van der Waals surface area contributed by atoms with Gasteiger partial charge in [-0.15, -0.1) is 0 Å². The zero-order valence-electron chi connectivity index (χ0n) is 6.83. The first-order valence-electron chi connectivity index (χ1n) is 3.13. The summed E-state index contributed by atoms with van der Waals surface area (Å²) in [6.07, 6.45) is 0.141. The van der Waals surface area contributed by atoms with E-state index in [4.69, 9.17) is 0 Å². The van der Waals surface area contributed by atoms with Crippen LogP contribution in [0.25, 0.3) is 0 Å². The third-order valence-corrected chi connectivity index (χ3v) is 1.15. The highest BCUT2D eigenvalue weighted by atomic mass is 16.6. The molecule has 12 heavy (non-hydrogen) atoms. The van der Waals surface area contributed by atoms with Gasteiger partial charge in [0, 0.05) is 6.42 Å². The van der Waals surface area contributed by atoms with Crippen molar-refractivity contribution in [2.45, 2.75) is 6.42 Å². The van der Waals surface area contributed by atoms with E-state index in [1.54, 1.807) is 0 Å². The van der Waals surface area contributed by atoms with Crippen LogP contribution in [0.3, 0.4) is 0 Å². The van der Waals surface area contributed by atoms with Crippen molar-refractivity contribution in [3.05, 3.63) is 11.5 Å². The first-order valence-corrected chi connectivity index (χ1v) is 3.13. The summed E-state index contributed by atoms with van der Waals surface area (Å²) in [7, 11) is 2.24. The van der Waals surface area contributed by atoms with Crippen LogP contribution in [0, 0.1) is 0 Å². The van der Waals surface area contributed by atoms with E-state index in [1.807, 2.05) is 0 Å². The molecular formula is C7H9O5-. The molecule has 0 bridgehead atoms. The van der Waals surface area contributed by atoms with Crippen LogP contribution in [0.5, 0.6) is 0 Å². The van der Waals surface area contributed by atoms with Crippen LogP contribution < -0.4 is 5.11 Å². The van der Waals surface area contributed by atoms with Gasteiger partial charge in [-0.25, -0.2) is 4.79 Å². The second-order valence-electron chi connectivity index (χ2n) is 1.83. The number of hydrogen-bond acceptors (Lipinski definition) is 5. The maximum Gasteiger partial charge on any atom is 0.335 e. The van der Waals surface area contributed by atoms with Crippen molar-refractivity contribution < 1.29 is 24.2 Å². The fourth-order valence-corrected chi connectivity index (χ4v) is 0.580. The SMILES string of the molecule is COC(=O)/C(CC=O)=C(/[O-])OC. The largest absolute Gasteiger partial charge is 0.616 e. The van der Waals surface area contributed by atoms with E-state index in [1.165, 1.54) is 0 Å². The number of hydrogen-bond donors (Lipinski definition) is 0. The molecule has 0 saturated carbocycles. The monoisotopic (exact) mass is 173 g/mol. The molecule has 0 amide bonds. The third kappa shape index (κ3) is 2.61. The van der Waals surface area contributed by atoms with E-state index >= 15 is 0 Å². The molecule has 0 fully saturated rings. The Kier molecular flexibility index (Phi) is 4.52.